The van der Waals surface area contributed by atoms with E-state index in [2.05, 4.69) is 4.90 Å². The van der Waals surface area contributed by atoms with Crippen molar-refractivity contribution in [1.82, 2.24) is 9.80 Å². The molecule has 1 amide bonds. The van der Waals surface area contributed by atoms with Crippen molar-refractivity contribution in [2.45, 2.75) is 51.4 Å². The van der Waals surface area contributed by atoms with Crippen LogP contribution in [0.5, 0.6) is 0 Å². The molecule has 1 saturated carbocycles. The number of carboxylic acid groups (broad SMARTS) is 1. The summed E-state index contributed by atoms with van der Waals surface area (Å²) < 4.78 is 0. The van der Waals surface area contributed by atoms with E-state index >= 15 is 0 Å². The molecular weight excluding hydrogens is 252 g/mol. The van der Waals surface area contributed by atoms with E-state index in [1.54, 1.807) is 7.05 Å². The van der Waals surface area contributed by atoms with Crippen molar-refractivity contribution in [3.05, 3.63) is 0 Å². The number of nitrogens with zero attached hydrogens (tertiary/aromatic N) is 2. The van der Waals surface area contributed by atoms with Crippen LogP contribution in [0, 0.1) is 11.8 Å². The van der Waals surface area contributed by atoms with Gasteiger partial charge in [0.15, 0.2) is 0 Å². The highest BCUT2D eigenvalue weighted by Crippen LogP contribution is 2.31. The molecule has 0 bridgehead atoms. The second-order valence-corrected chi connectivity index (χ2v) is 6.74. The molecule has 0 aromatic carbocycles. The average molecular weight is 282 g/mol. The lowest BCUT2D eigenvalue weighted by Crippen LogP contribution is -2.34. The van der Waals surface area contributed by atoms with E-state index in [9.17, 15) is 4.79 Å². The number of piperidine rings is 1. The molecule has 2 aliphatic rings. The minimum Gasteiger partial charge on any atom is -0.465 e. The Labute approximate surface area is 123 Å². The molecule has 0 aromatic heterocycles. The van der Waals surface area contributed by atoms with Gasteiger partial charge in [0.1, 0.15) is 0 Å². The monoisotopic (exact) mass is 282 g/mol. The zero-order valence-electron chi connectivity index (χ0n) is 12.9. The number of rotatable bonds is 5. The Morgan fingerprint density at radius 2 is 1.70 bits per heavy atom. The molecule has 4 nitrogen and oxygen atoms in total. The van der Waals surface area contributed by atoms with Gasteiger partial charge in [-0.3, -0.25) is 0 Å². The van der Waals surface area contributed by atoms with Gasteiger partial charge in [-0.15, -0.1) is 0 Å². The van der Waals surface area contributed by atoms with Crippen LogP contribution in [-0.2, 0) is 0 Å². The van der Waals surface area contributed by atoms with E-state index in [4.69, 9.17) is 5.11 Å². The predicted molar refractivity (Wildman–Crippen MR) is 81.0 cm³/mol. The number of carbonyl (C=O) groups is 1. The molecule has 0 unspecified atom stereocenters. The van der Waals surface area contributed by atoms with E-state index < -0.39 is 6.09 Å². The van der Waals surface area contributed by atoms with Gasteiger partial charge in [-0.2, -0.15) is 0 Å². The van der Waals surface area contributed by atoms with Crippen LogP contribution in [0.25, 0.3) is 0 Å². The normalized spacial score (nSPS) is 28.2. The molecule has 1 N–H and O–H groups in total. The summed E-state index contributed by atoms with van der Waals surface area (Å²) in [5, 5.41) is 8.91. The van der Waals surface area contributed by atoms with Crippen LogP contribution in [0.1, 0.15) is 51.4 Å². The van der Waals surface area contributed by atoms with Crippen molar-refractivity contribution in [2.75, 3.05) is 33.2 Å². The minimum atomic E-state index is -0.794. The van der Waals surface area contributed by atoms with Crippen molar-refractivity contribution < 1.29 is 9.90 Å². The fraction of sp³-hybridized carbons (Fsp3) is 0.938. The molecule has 1 saturated heterocycles. The van der Waals surface area contributed by atoms with Crippen molar-refractivity contribution in [2.24, 2.45) is 11.8 Å². The third-order valence-corrected chi connectivity index (χ3v) is 5.13. The van der Waals surface area contributed by atoms with Gasteiger partial charge in [0.2, 0.25) is 0 Å². The van der Waals surface area contributed by atoms with Crippen LogP contribution in [0.4, 0.5) is 4.79 Å². The molecule has 116 valence electrons. The van der Waals surface area contributed by atoms with Crippen LogP contribution in [0.3, 0.4) is 0 Å². The van der Waals surface area contributed by atoms with Gasteiger partial charge >= 0.3 is 6.09 Å². The largest absolute Gasteiger partial charge is 0.465 e. The molecule has 0 spiro atoms. The van der Waals surface area contributed by atoms with Gasteiger partial charge in [-0.25, -0.2) is 4.79 Å². The zero-order chi connectivity index (χ0) is 14.4. The molecule has 1 aliphatic carbocycles. The molecule has 2 rings (SSSR count). The summed E-state index contributed by atoms with van der Waals surface area (Å²) in [6.45, 7) is 4.61. The predicted octanol–water partition coefficient (Wildman–Crippen LogP) is 3.28. The summed E-state index contributed by atoms with van der Waals surface area (Å²) in [5.41, 5.74) is 0. The van der Waals surface area contributed by atoms with Crippen molar-refractivity contribution in [1.29, 1.82) is 0 Å². The maximum atomic E-state index is 10.8. The van der Waals surface area contributed by atoms with Gasteiger partial charge < -0.3 is 14.9 Å². The third kappa shape index (κ3) is 4.97. The summed E-state index contributed by atoms with van der Waals surface area (Å²) in [6.07, 6.45) is 9.75. The fourth-order valence-electron chi connectivity index (χ4n) is 3.72. The highest BCUT2D eigenvalue weighted by atomic mass is 16.4. The van der Waals surface area contributed by atoms with Gasteiger partial charge in [0.25, 0.3) is 0 Å². The molecule has 0 aromatic rings. The smallest absolute Gasteiger partial charge is 0.407 e. The lowest BCUT2D eigenvalue weighted by atomic mass is 9.80. The molecule has 20 heavy (non-hydrogen) atoms. The van der Waals surface area contributed by atoms with Gasteiger partial charge in [-0.1, -0.05) is 19.3 Å². The first-order valence-corrected chi connectivity index (χ1v) is 8.31. The number of hydrogen-bond donors (Lipinski definition) is 1. The summed E-state index contributed by atoms with van der Waals surface area (Å²) in [6, 6.07) is 0. The lowest BCUT2D eigenvalue weighted by molar-refractivity contribution is 0.136. The Balaban J connectivity index is 1.60. The summed E-state index contributed by atoms with van der Waals surface area (Å²) in [7, 11) is 1.69. The van der Waals surface area contributed by atoms with E-state index in [-0.39, 0.29) is 0 Å². The molecule has 1 heterocycles. The molecule has 0 atom stereocenters. The van der Waals surface area contributed by atoms with Gasteiger partial charge in [0, 0.05) is 13.6 Å². The fourth-order valence-corrected chi connectivity index (χ4v) is 3.72. The molecular formula is C16H30N2O2. The second-order valence-electron chi connectivity index (χ2n) is 6.74. The highest BCUT2D eigenvalue weighted by molar-refractivity contribution is 5.64. The van der Waals surface area contributed by atoms with E-state index in [1.807, 2.05) is 0 Å². The van der Waals surface area contributed by atoms with Crippen molar-refractivity contribution in [3.63, 3.8) is 0 Å². The van der Waals surface area contributed by atoms with Crippen LogP contribution < -0.4 is 0 Å². The summed E-state index contributed by atoms with van der Waals surface area (Å²) in [4.78, 5) is 14.9. The van der Waals surface area contributed by atoms with Gasteiger partial charge in [0.05, 0.1) is 0 Å². The maximum absolute atomic E-state index is 10.8. The zero-order valence-corrected chi connectivity index (χ0v) is 12.9. The van der Waals surface area contributed by atoms with Crippen LogP contribution >= 0.6 is 0 Å². The molecule has 4 heteroatoms. The van der Waals surface area contributed by atoms with Gasteiger partial charge in [-0.05, 0) is 63.6 Å². The summed E-state index contributed by atoms with van der Waals surface area (Å²) in [5.74, 6) is 1.46. The second kappa shape index (κ2) is 7.87. The average Bonchev–Trinajstić information content (AvgIpc) is 2.47. The molecule has 1 aliphatic heterocycles. The molecule has 0 radical (unpaired) electrons. The van der Waals surface area contributed by atoms with E-state index in [0.29, 0.717) is 12.5 Å². The van der Waals surface area contributed by atoms with Crippen LogP contribution in [-0.4, -0.2) is 54.2 Å². The number of likely N-dealkylation sites (tertiary alicyclic amines) is 1. The number of amides is 1. The van der Waals surface area contributed by atoms with E-state index in [1.165, 1.54) is 75.9 Å². The maximum Gasteiger partial charge on any atom is 0.407 e. The standard InChI is InChI=1S/C16H30N2O2/c1-17(16(19)20)13-15-7-5-14(6-8-15)9-12-18-10-3-2-4-11-18/h14-15H,2-13H2,1H3,(H,19,20). The van der Waals surface area contributed by atoms with Crippen LogP contribution in [0.15, 0.2) is 0 Å². The Morgan fingerprint density at radius 1 is 1.10 bits per heavy atom. The quantitative estimate of drug-likeness (QED) is 0.841. The van der Waals surface area contributed by atoms with E-state index in [0.717, 1.165) is 5.92 Å². The summed E-state index contributed by atoms with van der Waals surface area (Å²) >= 11 is 0. The first-order chi connectivity index (χ1) is 9.65. The molecule has 2 fully saturated rings. The first kappa shape index (κ1) is 15.6. The third-order valence-electron chi connectivity index (χ3n) is 5.13. The highest BCUT2D eigenvalue weighted by Gasteiger charge is 2.23. The SMILES string of the molecule is CN(CC1CCC(CCN2CCCCC2)CC1)C(=O)O. The Morgan fingerprint density at radius 3 is 2.30 bits per heavy atom. The Hall–Kier alpha value is -0.770. The first-order valence-electron chi connectivity index (χ1n) is 8.31. The van der Waals surface area contributed by atoms with Crippen LogP contribution in [0.2, 0.25) is 0 Å². The van der Waals surface area contributed by atoms with Crippen molar-refractivity contribution >= 4 is 6.09 Å². The topological polar surface area (TPSA) is 43.8 Å². The number of hydrogen-bond acceptors (Lipinski definition) is 2. The minimum absolute atomic E-state index is 0.585. The Bertz CT molecular complexity index is 295. The van der Waals surface area contributed by atoms with Crippen molar-refractivity contribution in [3.8, 4) is 0 Å². The lowest BCUT2D eigenvalue weighted by Gasteiger charge is -2.32. The Kier molecular flexibility index (Phi) is 6.14.